The highest BCUT2D eigenvalue weighted by molar-refractivity contribution is 5.77. The SMILES string of the molecule is CCCn1nnnc1COC(=O)CCc1nc2ccccc2c(=O)n1C1CC1. The molecule has 1 saturated carbocycles. The third-order valence-electron chi connectivity index (χ3n) is 4.75. The van der Waals surface area contributed by atoms with Crippen LogP contribution >= 0.6 is 0 Å². The lowest BCUT2D eigenvalue weighted by atomic mass is 10.2. The molecule has 0 radical (unpaired) electrons. The van der Waals surface area contributed by atoms with Crippen molar-refractivity contribution < 1.29 is 9.53 Å². The molecule has 0 amide bonds. The maximum atomic E-state index is 12.8. The van der Waals surface area contributed by atoms with Crippen molar-refractivity contribution in [2.24, 2.45) is 0 Å². The van der Waals surface area contributed by atoms with E-state index in [2.05, 4.69) is 20.5 Å². The van der Waals surface area contributed by atoms with Gasteiger partial charge in [0.1, 0.15) is 5.82 Å². The van der Waals surface area contributed by atoms with Crippen LogP contribution in [0.5, 0.6) is 0 Å². The van der Waals surface area contributed by atoms with Crippen LogP contribution in [-0.4, -0.2) is 35.7 Å². The zero-order chi connectivity index (χ0) is 19.5. The first-order valence-electron chi connectivity index (χ1n) is 9.58. The Morgan fingerprint density at radius 3 is 2.86 bits per heavy atom. The average Bonchev–Trinajstić information content (AvgIpc) is 3.44. The smallest absolute Gasteiger partial charge is 0.306 e. The van der Waals surface area contributed by atoms with Crippen molar-refractivity contribution in [1.29, 1.82) is 0 Å². The summed E-state index contributed by atoms with van der Waals surface area (Å²) in [5.74, 6) is 0.795. The van der Waals surface area contributed by atoms with Gasteiger partial charge in [0.05, 0.1) is 17.3 Å². The Morgan fingerprint density at radius 2 is 2.07 bits per heavy atom. The van der Waals surface area contributed by atoms with E-state index in [-0.39, 0.29) is 30.6 Å². The molecule has 1 fully saturated rings. The lowest BCUT2D eigenvalue weighted by Gasteiger charge is -2.12. The molecule has 0 spiro atoms. The second kappa shape index (κ2) is 7.87. The van der Waals surface area contributed by atoms with Gasteiger partial charge in [0, 0.05) is 19.0 Å². The van der Waals surface area contributed by atoms with E-state index in [9.17, 15) is 9.59 Å². The van der Waals surface area contributed by atoms with E-state index in [4.69, 9.17) is 4.74 Å². The number of tetrazole rings is 1. The maximum absolute atomic E-state index is 12.8. The minimum absolute atomic E-state index is 0.0322. The summed E-state index contributed by atoms with van der Waals surface area (Å²) in [6.45, 7) is 2.73. The molecular formula is C19H22N6O3. The number of carbonyl (C=O) groups is 1. The van der Waals surface area contributed by atoms with E-state index >= 15 is 0 Å². The summed E-state index contributed by atoms with van der Waals surface area (Å²) in [6.07, 6.45) is 3.33. The number of nitrogens with zero attached hydrogens (tertiary/aromatic N) is 6. The van der Waals surface area contributed by atoms with Crippen LogP contribution in [0.3, 0.4) is 0 Å². The number of esters is 1. The number of aryl methyl sites for hydroxylation is 2. The number of para-hydroxylation sites is 1. The van der Waals surface area contributed by atoms with E-state index in [1.54, 1.807) is 15.3 Å². The Morgan fingerprint density at radius 1 is 1.25 bits per heavy atom. The first kappa shape index (κ1) is 18.3. The molecule has 0 aliphatic heterocycles. The van der Waals surface area contributed by atoms with Crippen molar-refractivity contribution in [2.75, 3.05) is 0 Å². The van der Waals surface area contributed by atoms with E-state index in [0.717, 1.165) is 19.3 Å². The standard InChI is InChI=1S/C19H22N6O3/c1-2-11-24-17(21-22-23-24)12-28-18(26)10-9-16-20-15-6-4-3-5-14(15)19(27)25(16)13-7-8-13/h3-6,13H,2,7-12H2,1H3. The third-order valence-corrected chi connectivity index (χ3v) is 4.75. The molecule has 9 nitrogen and oxygen atoms in total. The highest BCUT2D eigenvalue weighted by Crippen LogP contribution is 2.34. The molecule has 0 saturated heterocycles. The van der Waals surface area contributed by atoms with E-state index in [1.165, 1.54) is 0 Å². The van der Waals surface area contributed by atoms with Crippen molar-refractivity contribution in [1.82, 2.24) is 29.8 Å². The van der Waals surface area contributed by atoms with Crippen LogP contribution in [0.15, 0.2) is 29.1 Å². The quantitative estimate of drug-likeness (QED) is 0.547. The van der Waals surface area contributed by atoms with Crippen LogP contribution in [0.25, 0.3) is 10.9 Å². The second-order valence-electron chi connectivity index (χ2n) is 6.93. The Labute approximate surface area is 161 Å². The van der Waals surface area contributed by atoms with Gasteiger partial charge in [0.25, 0.3) is 5.56 Å². The highest BCUT2D eigenvalue weighted by Gasteiger charge is 2.28. The van der Waals surface area contributed by atoms with Gasteiger partial charge in [-0.2, -0.15) is 0 Å². The van der Waals surface area contributed by atoms with Crippen LogP contribution in [0, 0.1) is 0 Å². The van der Waals surface area contributed by atoms with Gasteiger partial charge in [-0.25, -0.2) is 9.67 Å². The number of rotatable bonds is 8. The number of carbonyl (C=O) groups excluding carboxylic acids is 1. The molecule has 4 rings (SSSR count). The van der Waals surface area contributed by atoms with Crippen LogP contribution in [0.1, 0.15) is 50.3 Å². The summed E-state index contributed by atoms with van der Waals surface area (Å²) >= 11 is 0. The molecule has 2 aromatic heterocycles. The topological polar surface area (TPSA) is 105 Å². The van der Waals surface area contributed by atoms with Crippen LogP contribution < -0.4 is 5.56 Å². The molecule has 28 heavy (non-hydrogen) atoms. The summed E-state index contributed by atoms with van der Waals surface area (Å²) < 4.78 is 8.69. The number of benzene rings is 1. The highest BCUT2D eigenvalue weighted by atomic mass is 16.5. The zero-order valence-corrected chi connectivity index (χ0v) is 15.7. The number of hydrogen-bond donors (Lipinski definition) is 0. The van der Waals surface area contributed by atoms with Gasteiger partial charge in [0.15, 0.2) is 12.4 Å². The molecule has 1 aliphatic carbocycles. The summed E-state index contributed by atoms with van der Waals surface area (Å²) in [5.41, 5.74) is 0.627. The summed E-state index contributed by atoms with van der Waals surface area (Å²) in [6, 6.07) is 7.50. The van der Waals surface area contributed by atoms with Crippen molar-refractivity contribution >= 4 is 16.9 Å². The summed E-state index contributed by atoms with van der Waals surface area (Å²) in [4.78, 5) is 29.7. The molecule has 9 heteroatoms. The molecular weight excluding hydrogens is 360 g/mol. The number of aromatic nitrogens is 6. The van der Waals surface area contributed by atoms with Crippen LogP contribution in [0.2, 0.25) is 0 Å². The first-order chi connectivity index (χ1) is 13.7. The second-order valence-corrected chi connectivity index (χ2v) is 6.93. The van der Waals surface area contributed by atoms with Gasteiger partial charge in [-0.05, 0) is 41.8 Å². The van der Waals surface area contributed by atoms with Crippen molar-refractivity contribution in [2.45, 2.75) is 58.2 Å². The Kier molecular flexibility index (Phi) is 5.14. The molecule has 1 aliphatic rings. The molecule has 146 valence electrons. The lowest BCUT2D eigenvalue weighted by Crippen LogP contribution is -2.25. The molecule has 0 unspecified atom stereocenters. The molecule has 2 heterocycles. The van der Waals surface area contributed by atoms with Gasteiger partial charge < -0.3 is 4.74 Å². The number of hydrogen-bond acceptors (Lipinski definition) is 7. The van der Waals surface area contributed by atoms with E-state index in [1.807, 2.05) is 25.1 Å². The Bertz CT molecular complexity index is 1050. The summed E-state index contributed by atoms with van der Waals surface area (Å²) in [7, 11) is 0. The normalized spacial score (nSPS) is 13.8. The largest absolute Gasteiger partial charge is 0.457 e. The Hall–Kier alpha value is -3.10. The van der Waals surface area contributed by atoms with E-state index < -0.39 is 0 Å². The number of fused-ring (bicyclic) bond motifs is 1. The van der Waals surface area contributed by atoms with Crippen molar-refractivity contribution in [3.05, 3.63) is 46.3 Å². The van der Waals surface area contributed by atoms with Crippen molar-refractivity contribution in [3.8, 4) is 0 Å². The lowest BCUT2D eigenvalue weighted by molar-refractivity contribution is -0.145. The van der Waals surface area contributed by atoms with Gasteiger partial charge in [-0.3, -0.25) is 14.2 Å². The van der Waals surface area contributed by atoms with Gasteiger partial charge in [-0.15, -0.1) is 5.10 Å². The maximum Gasteiger partial charge on any atom is 0.306 e. The predicted octanol–water partition coefficient (Wildman–Crippen LogP) is 1.80. The number of ether oxygens (including phenoxy) is 1. The third kappa shape index (κ3) is 3.78. The first-order valence-corrected chi connectivity index (χ1v) is 9.58. The van der Waals surface area contributed by atoms with Crippen LogP contribution in [0.4, 0.5) is 0 Å². The van der Waals surface area contributed by atoms with Gasteiger partial charge in [-0.1, -0.05) is 19.1 Å². The molecule has 0 bridgehead atoms. The Balaban J connectivity index is 1.45. The minimum atomic E-state index is -0.365. The van der Waals surface area contributed by atoms with Gasteiger partial charge in [0.2, 0.25) is 0 Å². The predicted molar refractivity (Wildman–Crippen MR) is 100 cm³/mol. The fraction of sp³-hybridized carbons (Fsp3) is 0.474. The average molecular weight is 382 g/mol. The molecule has 0 atom stereocenters. The van der Waals surface area contributed by atoms with Gasteiger partial charge >= 0.3 is 5.97 Å². The molecule has 1 aromatic carbocycles. The van der Waals surface area contributed by atoms with Crippen molar-refractivity contribution in [3.63, 3.8) is 0 Å². The fourth-order valence-corrected chi connectivity index (χ4v) is 3.22. The monoisotopic (exact) mass is 382 g/mol. The van der Waals surface area contributed by atoms with Crippen LogP contribution in [-0.2, 0) is 29.1 Å². The minimum Gasteiger partial charge on any atom is -0.457 e. The zero-order valence-electron chi connectivity index (χ0n) is 15.7. The molecule has 3 aromatic rings. The summed E-state index contributed by atoms with van der Waals surface area (Å²) in [5, 5.41) is 12.0. The molecule has 0 N–H and O–H groups in total. The fourth-order valence-electron chi connectivity index (χ4n) is 3.22. The van der Waals surface area contributed by atoms with E-state index in [0.29, 0.717) is 35.5 Å².